The van der Waals surface area contributed by atoms with Crippen molar-refractivity contribution in [3.8, 4) is 0 Å². The number of benzene rings is 2. The minimum Gasteiger partial charge on any atom is -0.322 e. The lowest BCUT2D eigenvalue weighted by molar-refractivity contribution is -1.02. The third-order valence-corrected chi connectivity index (χ3v) is 5.86. The van der Waals surface area contributed by atoms with Crippen LogP contribution in [0.1, 0.15) is 12.5 Å². The van der Waals surface area contributed by atoms with Crippen LogP contribution in [0.15, 0.2) is 54.6 Å². The number of hydrogen-bond acceptors (Lipinski definition) is 1. The van der Waals surface area contributed by atoms with Crippen molar-refractivity contribution in [2.45, 2.75) is 13.0 Å². The highest BCUT2D eigenvalue weighted by Crippen LogP contribution is 2.25. The van der Waals surface area contributed by atoms with Gasteiger partial charge in [-0.1, -0.05) is 59.6 Å². The van der Waals surface area contributed by atoms with Crippen LogP contribution in [0, 0.1) is 0 Å². The van der Waals surface area contributed by atoms with Gasteiger partial charge in [0.15, 0.2) is 6.04 Å². The molecule has 0 saturated carbocycles. The van der Waals surface area contributed by atoms with Crippen LogP contribution >= 0.6 is 23.2 Å². The van der Waals surface area contributed by atoms with Crippen LogP contribution in [0.3, 0.4) is 0 Å². The van der Waals surface area contributed by atoms with Crippen molar-refractivity contribution < 1.29 is 14.6 Å². The fourth-order valence-electron chi connectivity index (χ4n) is 3.50. The second-order valence-corrected chi connectivity index (χ2v) is 8.10. The van der Waals surface area contributed by atoms with Crippen molar-refractivity contribution in [3.63, 3.8) is 0 Å². The van der Waals surface area contributed by atoms with E-state index in [1.807, 2.05) is 13.0 Å². The van der Waals surface area contributed by atoms with Crippen LogP contribution in [0.5, 0.6) is 0 Å². The molecule has 4 nitrogen and oxygen atoms in total. The van der Waals surface area contributed by atoms with Crippen LogP contribution in [0.25, 0.3) is 6.08 Å². The molecule has 0 aromatic heterocycles. The number of hydrogen-bond donors (Lipinski definition) is 3. The number of rotatable bonds is 6. The number of carbonyl (C=O) groups excluding carboxylic acids is 1. The van der Waals surface area contributed by atoms with Crippen LogP contribution in [0.2, 0.25) is 10.0 Å². The monoisotopic (exact) mass is 419 g/mol. The van der Waals surface area contributed by atoms with E-state index in [1.54, 1.807) is 23.1 Å². The molecule has 0 unspecified atom stereocenters. The molecule has 1 aliphatic heterocycles. The molecule has 0 spiro atoms. The molecular weight excluding hydrogens is 393 g/mol. The average Bonchev–Trinajstić information content (AvgIpc) is 2.71. The summed E-state index contributed by atoms with van der Waals surface area (Å²) in [5, 5.41) is 3.95. The molecule has 1 aliphatic rings. The lowest BCUT2D eigenvalue weighted by Gasteiger charge is -2.32. The van der Waals surface area contributed by atoms with E-state index >= 15 is 0 Å². The first-order chi connectivity index (χ1) is 13.5. The largest absolute Gasteiger partial charge is 0.322 e. The summed E-state index contributed by atoms with van der Waals surface area (Å²) in [6.07, 6.45) is 4.42. The Morgan fingerprint density at radius 1 is 1.11 bits per heavy atom. The van der Waals surface area contributed by atoms with E-state index in [2.05, 4.69) is 41.7 Å². The van der Waals surface area contributed by atoms with Gasteiger partial charge in [0.2, 0.25) is 0 Å². The summed E-state index contributed by atoms with van der Waals surface area (Å²) >= 11 is 12.1. The van der Waals surface area contributed by atoms with Crippen molar-refractivity contribution in [2.75, 3.05) is 38.0 Å². The highest BCUT2D eigenvalue weighted by Gasteiger charge is 2.30. The van der Waals surface area contributed by atoms with Gasteiger partial charge in [-0.05, 0) is 36.8 Å². The van der Waals surface area contributed by atoms with Crippen molar-refractivity contribution in [2.24, 2.45) is 0 Å². The van der Waals surface area contributed by atoms with E-state index < -0.39 is 0 Å². The van der Waals surface area contributed by atoms with Gasteiger partial charge in [0.1, 0.15) is 26.2 Å². The Morgan fingerprint density at radius 2 is 1.82 bits per heavy atom. The maximum Gasteiger partial charge on any atom is 0.282 e. The van der Waals surface area contributed by atoms with Gasteiger partial charge in [-0.3, -0.25) is 4.79 Å². The first-order valence-corrected chi connectivity index (χ1v) is 10.4. The molecule has 0 radical (unpaired) electrons. The van der Waals surface area contributed by atoms with Crippen LogP contribution < -0.4 is 15.1 Å². The smallest absolute Gasteiger partial charge is 0.282 e. The fourth-order valence-corrected chi connectivity index (χ4v) is 3.96. The molecule has 2 aromatic rings. The van der Waals surface area contributed by atoms with Crippen molar-refractivity contribution in [1.82, 2.24) is 0 Å². The Labute approximate surface area is 176 Å². The SMILES string of the molecule is C[C@H](C(=O)Nc1ccc(Cl)cc1Cl)[NH+]1CC[NH+](C/C=C/c2ccccc2)CC1. The summed E-state index contributed by atoms with van der Waals surface area (Å²) in [5.74, 6) is -0.00774. The van der Waals surface area contributed by atoms with Crippen molar-refractivity contribution in [3.05, 3.63) is 70.2 Å². The number of nitrogens with one attached hydrogen (secondary N) is 3. The van der Waals surface area contributed by atoms with Crippen LogP contribution in [0.4, 0.5) is 5.69 Å². The number of carbonyl (C=O) groups is 1. The number of quaternary nitrogens is 2. The molecule has 6 heteroatoms. The lowest BCUT2D eigenvalue weighted by Crippen LogP contribution is -3.29. The number of anilines is 1. The Balaban J connectivity index is 1.46. The second-order valence-electron chi connectivity index (χ2n) is 7.26. The summed E-state index contributed by atoms with van der Waals surface area (Å²) in [6, 6.07) is 15.4. The molecule has 1 heterocycles. The molecule has 1 atom stereocenters. The zero-order valence-corrected chi connectivity index (χ0v) is 17.6. The third-order valence-electron chi connectivity index (χ3n) is 5.31. The van der Waals surface area contributed by atoms with Gasteiger partial charge in [0, 0.05) is 5.02 Å². The average molecular weight is 420 g/mol. The molecule has 0 bridgehead atoms. The van der Waals surface area contributed by atoms with E-state index in [0.29, 0.717) is 15.7 Å². The number of amides is 1. The van der Waals surface area contributed by atoms with E-state index in [1.165, 1.54) is 10.5 Å². The first kappa shape index (κ1) is 20.9. The van der Waals surface area contributed by atoms with Gasteiger partial charge in [-0.15, -0.1) is 0 Å². The summed E-state index contributed by atoms with van der Waals surface area (Å²) < 4.78 is 0. The highest BCUT2D eigenvalue weighted by molar-refractivity contribution is 6.36. The maximum atomic E-state index is 12.6. The quantitative estimate of drug-likeness (QED) is 0.656. The summed E-state index contributed by atoms with van der Waals surface area (Å²) in [6.45, 7) is 7.09. The summed E-state index contributed by atoms with van der Waals surface area (Å²) in [5.41, 5.74) is 1.84. The molecule has 1 saturated heterocycles. The Bertz CT molecular complexity index is 818. The van der Waals surface area contributed by atoms with Gasteiger partial charge < -0.3 is 15.1 Å². The molecule has 28 heavy (non-hydrogen) atoms. The van der Waals surface area contributed by atoms with Gasteiger partial charge in [0.25, 0.3) is 5.91 Å². The van der Waals surface area contributed by atoms with Gasteiger partial charge in [-0.25, -0.2) is 0 Å². The number of halogens is 2. The van der Waals surface area contributed by atoms with E-state index in [-0.39, 0.29) is 11.9 Å². The zero-order valence-electron chi connectivity index (χ0n) is 16.1. The van der Waals surface area contributed by atoms with Crippen LogP contribution in [-0.4, -0.2) is 44.7 Å². The topological polar surface area (TPSA) is 38.0 Å². The Morgan fingerprint density at radius 3 is 2.50 bits per heavy atom. The maximum absolute atomic E-state index is 12.6. The summed E-state index contributed by atoms with van der Waals surface area (Å²) in [4.78, 5) is 15.5. The molecular formula is C22H27Cl2N3O+2. The van der Waals surface area contributed by atoms with Crippen molar-refractivity contribution >= 4 is 40.9 Å². The lowest BCUT2D eigenvalue weighted by atomic mass is 10.2. The molecule has 0 aliphatic carbocycles. The molecule has 3 rings (SSSR count). The Hall–Kier alpha value is -1.85. The minimum absolute atomic E-state index is 0.00774. The predicted molar refractivity (Wildman–Crippen MR) is 116 cm³/mol. The van der Waals surface area contributed by atoms with Crippen molar-refractivity contribution in [1.29, 1.82) is 0 Å². The van der Waals surface area contributed by atoms with E-state index in [4.69, 9.17) is 23.2 Å². The third kappa shape index (κ3) is 5.82. The molecule has 1 amide bonds. The fraction of sp³-hybridized carbons (Fsp3) is 0.318. The molecule has 2 aromatic carbocycles. The first-order valence-electron chi connectivity index (χ1n) is 9.68. The number of piperazine rings is 1. The van der Waals surface area contributed by atoms with Gasteiger partial charge in [-0.2, -0.15) is 0 Å². The van der Waals surface area contributed by atoms with E-state index in [9.17, 15) is 4.79 Å². The molecule has 3 N–H and O–H groups in total. The standard InChI is InChI=1S/C22H25Cl2N3O/c1-17(22(28)25-21-10-9-19(23)16-20(21)24)27-14-12-26(13-15-27)11-5-8-18-6-3-2-4-7-18/h2-10,16-17H,11-15H2,1H3,(H,25,28)/p+2/b8-5+/t17-/m1/s1. The Kier molecular flexibility index (Phi) is 7.51. The second kappa shape index (κ2) is 10.1. The molecule has 1 fully saturated rings. The zero-order chi connectivity index (χ0) is 19.9. The predicted octanol–water partition coefficient (Wildman–Crippen LogP) is 1.82. The molecule has 148 valence electrons. The minimum atomic E-state index is -0.117. The van der Waals surface area contributed by atoms with Gasteiger partial charge >= 0.3 is 0 Å². The summed E-state index contributed by atoms with van der Waals surface area (Å²) in [7, 11) is 0. The van der Waals surface area contributed by atoms with Crippen LogP contribution in [-0.2, 0) is 4.79 Å². The van der Waals surface area contributed by atoms with Gasteiger partial charge in [0.05, 0.1) is 17.3 Å². The highest BCUT2D eigenvalue weighted by atomic mass is 35.5. The van der Waals surface area contributed by atoms with E-state index in [0.717, 1.165) is 32.7 Å². The normalized spacial score (nSPS) is 20.8.